The van der Waals surface area contributed by atoms with Gasteiger partial charge in [-0.1, -0.05) is 362 Å². The fourth-order valence-electron chi connectivity index (χ4n) is 13.1. The summed E-state index contributed by atoms with van der Waals surface area (Å²) in [6.07, 6.45) is 70.8. The number of anilines is 2. The van der Waals surface area contributed by atoms with Crippen molar-refractivity contribution in [1.82, 2.24) is 0 Å². The molecule has 0 radical (unpaired) electrons. The van der Waals surface area contributed by atoms with E-state index in [1.165, 1.54) is 308 Å². The second-order valence-electron chi connectivity index (χ2n) is 28.6. The normalized spacial score (nSPS) is 13.1. The minimum atomic E-state index is -0.735. The summed E-state index contributed by atoms with van der Waals surface area (Å²) in [5, 5.41) is 45.7. The molecule has 0 saturated carbocycles. The zero-order chi connectivity index (χ0) is 66.4. The van der Waals surface area contributed by atoms with E-state index in [0.29, 0.717) is 52.6 Å². The highest BCUT2D eigenvalue weighted by Gasteiger charge is 2.21. The van der Waals surface area contributed by atoms with Crippen LogP contribution in [0.25, 0.3) is 0 Å². The largest absolute Gasteiger partial charge is 0.389 e. The Kier molecular flexibility index (Phi) is 69.5. The first kappa shape index (κ1) is 88.5. The van der Waals surface area contributed by atoms with Gasteiger partial charge in [-0.05, 0) is 49.9 Å². The number of rotatable bonds is 78. The van der Waals surface area contributed by atoms with Crippen LogP contribution in [0.15, 0.2) is 24.3 Å². The monoisotopic (exact) mass is 1300 g/mol. The predicted octanol–water partition coefficient (Wildman–Crippen LogP) is 22.7. The van der Waals surface area contributed by atoms with E-state index in [1.54, 1.807) is 0 Å². The Balaban J connectivity index is 2.85. The minimum absolute atomic E-state index is 0.241. The summed E-state index contributed by atoms with van der Waals surface area (Å²) >= 11 is 0. The summed E-state index contributed by atoms with van der Waals surface area (Å²) in [7, 11) is 0. The summed E-state index contributed by atoms with van der Waals surface area (Å²) in [6.45, 7) is 13.9. The van der Waals surface area contributed by atoms with Crippen LogP contribution in [0.4, 0.5) is 11.4 Å². The molecule has 0 aliphatic carbocycles. The highest BCUT2D eigenvalue weighted by molar-refractivity contribution is 5.57. The number of hydrogen-bond donors (Lipinski definition) is 4. The molecule has 0 fully saturated rings. The Morgan fingerprint density at radius 1 is 0.217 bits per heavy atom. The zero-order valence-electron chi connectivity index (χ0n) is 62.0. The van der Waals surface area contributed by atoms with Crippen LogP contribution in [-0.4, -0.2) is 124 Å². The Bertz CT molecular complexity index is 1340. The van der Waals surface area contributed by atoms with Crippen molar-refractivity contribution < 1.29 is 39.4 Å². The number of unbranched alkanes of at least 4 members (excludes halogenated alkanes) is 52. The molecule has 0 heterocycles. The summed E-state index contributed by atoms with van der Waals surface area (Å²) in [5.74, 6) is 0. The molecule has 4 unspecified atom stereocenters. The highest BCUT2D eigenvalue weighted by Crippen LogP contribution is 2.24. The van der Waals surface area contributed by atoms with E-state index in [0.717, 1.165) is 62.7 Å². The Morgan fingerprint density at radius 2 is 0.348 bits per heavy atom. The van der Waals surface area contributed by atoms with Gasteiger partial charge in [-0.15, -0.1) is 0 Å². The first-order valence-corrected chi connectivity index (χ1v) is 41.0. The van der Waals surface area contributed by atoms with Gasteiger partial charge in [0.25, 0.3) is 0 Å². The summed E-state index contributed by atoms with van der Waals surface area (Å²) in [5.41, 5.74) is 1.75. The molecule has 0 aliphatic rings. The predicted molar refractivity (Wildman–Crippen MR) is 399 cm³/mol. The third kappa shape index (κ3) is 62.0. The molecule has 1 rings (SSSR count). The lowest BCUT2D eigenvalue weighted by Gasteiger charge is -2.32. The average molecular weight is 1300 g/mol. The van der Waals surface area contributed by atoms with Crippen molar-refractivity contribution in [3.8, 4) is 0 Å². The molecule has 1 aromatic rings. The minimum Gasteiger partial charge on any atom is -0.389 e. The van der Waals surface area contributed by atoms with Crippen molar-refractivity contribution in [3.63, 3.8) is 0 Å². The average Bonchev–Trinajstić information content (AvgIpc) is 1.39. The summed E-state index contributed by atoms with van der Waals surface area (Å²) in [4.78, 5) is 4.10. The van der Waals surface area contributed by atoms with Crippen molar-refractivity contribution in [2.45, 2.75) is 412 Å². The van der Waals surface area contributed by atoms with Gasteiger partial charge in [0.2, 0.25) is 0 Å². The number of nitrogens with zero attached hydrogens (tertiary/aromatic N) is 2. The van der Waals surface area contributed by atoms with E-state index < -0.39 is 24.4 Å². The van der Waals surface area contributed by atoms with Crippen LogP contribution in [-0.2, 0) is 18.9 Å². The molecule has 92 heavy (non-hydrogen) atoms. The molecular formula is C82H160N2O8. The van der Waals surface area contributed by atoms with Crippen LogP contribution in [0, 0.1) is 0 Å². The lowest BCUT2D eigenvalue weighted by molar-refractivity contribution is 0.0282. The Hall–Kier alpha value is -1.50. The van der Waals surface area contributed by atoms with Gasteiger partial charge >= 0.3 is 0 Å². The molecule has 1 aromatic carbocycles. The van der Waals surface area contributed by atoms with Crippen LogP contribution in [0.2, 0.25) is 0 Å². The molecule has 546 valence electrons. The van der Waals surface area contributed by atoms with E-state index >= 15 is 0 Å². The van der Waals surface area contributed by atoms with Gasteiger partial charge in [0, 0.05) is 64.0 Å². The topological polar surface area (TPSA) is 124 Å². The number of benzene rings is 1. The molecule has 4 N–H and O–H groups in total. The number of ether oxygens (including phenoxy) is 4. The lowest BCUT2D eigenvalue weighted by Crippen LogP contribution is -2.42. The zero-order valence-corrected chi connectivity index (χ0v) is 62.0. The van der Waals surface area contributed by atoms with Gasteiger partial charge in [-0.3, -0.25) is 0 Å². The fourth-order valence-corrected chi connectivity index (χ4v) is 13.1. The van der Waals surface area contributed by atoms with Crippen molar-refractivity contribution in [1.29, 1.82) is 0 Å². The molecule has 4 atom stereocenters. The molecule has 10 heteroatoms. The lowest BCUT2D eigenvalue weighted by atomic mass is 10.0. The first-order valence-electron chi connectivity index (χ1n) is 41.0. The van der Waals surface area contributed by atoms with E-state index in [1.807, 2.05) is 24.3 Å². The van der Waals surface area contributed by atoms with Crippen LogP contribution < -0.4 is 9.80 Å². The maximum atomic E-state index is 11.4. The van der Waals surface area contributed by atoms with Crippen molar-refractivity contribution in [2.75, 3.05) is 88.8 Å². The second-order valence-corrected chi connectivity index (χ2v) is 28.6. The van der Waals surface area contributed by atoms with E-state index in [9.17, 15) is 20.4 Å². The molecule has 0 bridgehead atoms. The molecule has 0 saturated heterocycles. The third-order valence-corrected chi connectivity index (χ3v) is 19.1. The molecule has 0 aromatic heterocycles. The van der Waals surface area contributed by atoms with E-state index in [4.69, 9.17) is 18.9 Å². The van der Waals surface area contributed by atoms with Crippen molar-refractivity contribution in [2.24, 2.45) is 0 Å². The van der Waals surface area contributed by atoms with Gasteiger partial charge in [0.05, 0.1) is 50.8 Å². The van der Waals surface area contributed by atoms with Crippen LogP contribution in [0.3, 0.4) is 0 Å². The summed E-state index contributed by atoms with van der Waals surface area (Å²) in [6, 6.07) is 8.13. The fraction of sp³-hybridized carbons (Fsp3) is 0.927. The molecule has 0 amide bonds. The molecule has 10 nitrogen and oxygen atoms in total. The number of aliphatic hydroxyl groups excluding tert-OH is 4. The number of aliphatic hydroxyl groups is 4. The van der Waals surface area contributed by atoms with Crippen LogP contribution in [0.1, 0.15) is 387 Å². The smallest absolute Gasteiger partial charge is 0.0948 e. The van der Waals surface area contributed by atoms with Crippen molar-refractivity contribution >= 4 is 11.4 Å². The quantitative estimate of drug-likeness (QED) is 0.0469. The first-order chi connectivity index (χ1) is 45.3. The van der Waals surface area contributed by atoms with E-state index in [-0.39, 0.29) is 26.4 Å². The van der Waals surface area contributed by atoms with Gasteiger partial charge in [0.1, 0.15) is 0 Å². The van der Waals surface area contributed by atoms with Gasteiger partial charge in [-0.2, -0.15) is 0 Å². The Labute approximate surface area is 572 Å². The summed E-state index contributed by atoms with van der Waals surface area (Å²) < 4.78 is 24.3. The van der Waals surface area contributed by atoms with Crippen molar-refractivity contribution in [3.05, 3.63) is 24.3 Å². The molecular weight excluding hydrogens is 1140 g/mol. The van der Waals surface area contributed by atoms with Gasteiger partial charge < -0.3 is 49.2 Å². The second kappa shape index (κ2) is 72.2. The van der Waals surface area contributed by atoms with Crippen LogP contribution >= 0.6 is 0 Å². The standard InChI is InChI=1S/C82H160N2O8/c1-5-9-13-17-21-25-29-33-37-41-45-49-53-57-65-89-73-79(85)69-83(70-80(86)74-90-66-58-54-50-46-42-38-34-30-26-22-18-14-10-6-2)77-61-63-78(64-62-77)84(71-81(87)75-91-67-59-55-51-47-43-39-35-31-27-23-19-15-11-7-3)72-82(88)76-92-68-60-56-52-48-44-40-36-32-28-24-20-16-12-8-4/h61-64,79-82,85-88H,5-60,65-76H2,1-4H3. The van der Waals surface area contributed by atoms with Gasteiger partial charge in [0.15, 0.2) is 0 Å². The number of hydrogen-bond acceptors (Lipinski definition) is 10. The molecule has 0 spiro atoms. The van der Waals surface area contributed by atoms with E-state index in [2.05, 4.69) is 37.5 Å². The van der Waals surface area contributed by atoms with Crippen LogP contribution in [0.5, 0.6) is 0 Å². The SMILES string of the molecule is CCCCCCCCCCCCCCCCOCC(O)CN(CC(O)COCCCCCCCCCCCCCCCC)c1ccc(N(CC(O)COCCCCCCCCCCCCCCCC)CC(O)COCCCCCCCCCCCCCCCC)cc1. The maximum Gasteiger partial charge on any atom is 0.0948 e. The third-order valence-electron chi connectivity index (χ3n) is 19.1. The highest BCUT2D eigenvalue weighted by atomic mass is 16.5. The maximum absolute atomic E-state index is 11.4. The van der Waals surface area contributed by atoms with Gasteiger partial charge in [-0.25, -0.2) is 0 Å². The Morgan fingerprint density at radius 3 is 0.489 bits per heavy atom. The molecule has 0 aliphatic heterocycles.